The highest BCUT2D eigenvalue weighted by Crippen LogP contribution is 2.30. The molecule has 28 heavy (non-hydrogen) atoms. The van der Waals surface area contributed by atoms with Crippen LogP contribution in [-0.2, 0) is 16.2 Å². The summed E-state index contributed by atoms with van der Waals surface area (Å²) >= 11 is 0. The van der Waals surface area contributed by atoms with Gasteiger partial charge < -0.3 is 19.9 Å². The van der Waals surface area contributed by atoms with Gasteiger partial charge in [-0.25, -0.2) is 4.79 Å². The first kappa shape index (κ1) is 20.4. The molecule has 1 amide bonds. The lowest BCUT2D eigenvalue weighted by atomic mass is 10.1. The van der Waals surface area contributed by atoms with Gasteiger partial charge in [-0.05, 0) is 29.3 Å². The van der Waals surface area contributed by atoms with Crippen LogP contribution in [0.1, 0.15) is 18.1 Å². The second kappa shape index (κ2) is 9.17. The minimum Gasteiger partial charge on any atom is -0.493 e. The molecule has 0 aliphatic heterocycles. The number of non-ortho nitro benzene ring substituents is 1. The van der Waals surface area contributed by atoms with Gasteiger partial charge in [0, 0.05) is 19.1 Å². The minimum atomic E-state index is -1.28. The lowest BCUT2D eigenvalue weighted by molar-refractivity contribution is -0.384. The Morgan fingerprint density at radius 3 is 2.57 bits per heavy atom. The van der Waals surface area contributed by atoms with E-state index in [1.54, 1.807) is 30.3 Å². The Morgan fingerprint density at radius 2 is 1.96 bits per heavy atom. The number of carbonyl (C=O) groups is 2. The standard InChI is InChI=1S/C19H18N2O7/c1-12(22)20-16(19(23)24)9-13-6-7-17(18(10-13)27-2)28-11-14-4-3-5-15(8-14)21(25)26/h3-10H,11H2,1-2H3,(H,20,22)(H,23,24). The van der Waals surface area contributed by atoms with Crippen LogP contribution in [0.5, 0.6) is 11.5 Å². The molecule has 0 bridgehead atoms. The summed E-state index contributed by atoms with van der Waals surface area (Å²) in [5.41, 5.74) is 0.775. The summed E-state index contributed by atoms with van der Waals surface area (Å²) in [7, 11) is 1.43. The molecule has 2 rings (SSSR count). The maximum Gasteiger partial charge on any atom is 0.352 e. The van der Waals surface area contributed by atoms with Gasteiger partial charge in [0.25, 0.3) is 5.69 Å². The van der Waals surface area contributed by atoms with E-state index < -0.39 is 16.8 Å². The zero-order valence-electron chi connectivity index (χ0n) is 15.2. The fourth-order valence-corrected chi connectivity index (χ4v) is 2.32. The third kappa shape index (κ3) is 5.56. The van der Waals surface area contributed by atoms with Crippen LogP contribution >= 0.6 is 0 Å². The molecular formula is C19H18N2O7. The monoisotopic (exact) mass is 386 g/mol. The molecule has 0 saturated carbocycles. The number of aliphatic carboxylic acids is 1. The van der Waals surface area contributed by atoms with Crippen molar-refractivity contribution in [1.82, 2.24) is 5.32 Å². The number of nitro groups is 1. The van der Waals surface area contributed by atoms with Gasteiger partial charge in [0.05, 0.1) is 12.0 Å². The fraction of sp³-hybridized carbons (Fsp3) is 0.158. The molecule has 0 aromatic heterocycles. The molecule has 0 radical (unpaired) electrons. The van der Waals surface area contributed by atoms with Crippen LogP contribution in [0.4, 0.5) is 5.69 Å². The number of carbonyl (C=O) groups excluding carboxylic acids is 1. The van der Waals surface area contributed by atoms with Gasteiger partial charge in [-0.15, -0.1) is 0 Å². The van der Waals surface area contributed by atoms with Gasteiger partial charge in [-0.3, -0.25) is 14.9 Å². The number of nitrogens with zero attached hydrogens (tertiary/aromatic N) is 1. The quantitative estimate of drug-likeness (QED) is 0.405. The molecule has 0 atom stereocenters. The number of benzene rings is 2. The van der Waals surface area contributed by atoms with Gasteiger partial charge >= 0.3 is 5.97 Å². The Balaban J connectivity index is 2.21. The summed E-state index contributed by atoms with van der Waals surface area (Å²) in [6.07, 6.45) is 1.29. The van der Waals surface area contributed by atoms with E-state index >= 15 is 0 Å². The van der Waals surface area contributed by atoms with Crippen molar-refractivity contribution in [2.45, 2.75) is 13.5 Å². The van der Waals surface area contributed by atoms with E-state index in [1.165, 1.54) is 32.2 Å². The summed E-state index contributed by atoms with van der Waals surface area (Å²) < 4.78 is 10.9. The molecule has 0 unspecified atom stereocenters. The predicted octanol–water partition coefficient (Wildman–Crippen LogP) is 2.74. The largest absolute Gasteiger partial charge is 0.493 e. The first-order valence-corrected chi connectivity index (χ1v) is 8.07. The number of nitro benzene ring substituents is 1. The van der Waals surface area contributed by atoms with E-state index in [1.807, 2.05) is 0 Å². The number of methoxy groups -OCH3 is 1. The third-order valence-electron chi connectivity index (χ3n) is 3.56. The summed E-state index contributed by atoms with van der Waals surface area (Å²) in [5.74, 6) is -1.06. The molecule has 9 nitrogen and oxygen atoms in total. The summed E-state index contributed by atoms with van der Waals surface area (Å²) in [6.45, 7) is 1.29. The van der Waals surface area contributed by atoms with Crippen LogP contribution in [0.3, 0.4) is 0 Å². The topological polar surface area (TPSA) is 128 Å². The van der Waals surface area contributed by atoms with Crippen LogP contribution in [0.15, 0.2) is 48.2 Å². The van der Waals surface area contributed by atoms with Crippen LogP contribution < -0.4 is 14.8 Å². The second-order valence-corrected chi connectivity index (χ2v) is 5.67. The number of hydrogen-bond donors (Lipinski definition) is 2. The zero-order chi connectivity index (χ0) is 20.7. The zero-order valence-corrected chi connectivity index (χ0v) is 15.2. The average Bonchev–Trinajstić information content (AvgIpc) is 2.66. The van der Waals surface area contributed by atoms with Crippen LogP contribution in [0, 0.1) is 10.1 Å². The highest BCUT2D eigenvalue weighted by molar-refractivity contribution is 5.96. The van der Waals surface area contributed by atoms with Crippen molar-refractivity contribution < 1.29 is 29.1 Å². The molecule has 0 fully saturated rings. The normalized spacial score (nSPS) is 10.9. The van der Waals surface area contributed by atoms with Gasteiger partial charge in [-0.1, -0.05) is 18.2 Å². The molecular weight excluding hydrogens is 368 g/mol. The molecule has 0 aliphatic rings. The average molecular weight is 386 g/mol. The molecule has 2 aromatic carbocycles. The Labute approximate surface area is 160 Å². The van der Waals surface area contributed by atoms with Crippen molar-refractivity contribution in [3.63, 3.8) is 0 Å². The Kier molecular flexibility index (Phi) is 6.69. The van der Waals surface area contributed by atoms with Crippen LogP contribution in [-0.4, -0.2) is 29.0 Å². The van der Waals surface area contributed by atoms with Crippen molar-refractivity contribution in [2.24, 2.45) is 0 Å². The van der Waals surface area contributed by atoms with Crippen molar-refractivity contribution in [1.29, 1.82) is 0 Å². The number of hydrogen-bond acceptors (Lipinski definition) is 6. The molecule has 0 aliphatic carbocycles. The lowest BCUT2D eigenvalue weighted by Crippen LogP contribution is -2.24. The number of amides is 1. The highest BCUT2D eigenvalue weighted by Gasteiger charge is 2.12. The van der Waals surface area contributed by atoms with E-state index in [0.29, 0.717) is 22.6 Å². The van der Waals surface area contributed by atoms with E-state index in [4.69, 9.17) is 14.6 Å². The lowest BCUT2D eigenvalue weighted by Gasteiger charge is -2.12. The van der Waals surface area contributed by atoms with Crippen molar-refractivity contribution >= 4 is 23.6 Å². The summed E-state index contributed by atoms with van der Waals surface area (Å²) in [5, 5.41) is 22.2. The first-order valence-electron chi connectivity index (χ1n) is 8.07. The number of carboxylic acids is 1. The van der Waals surface area contributed by atoms with Gasteiger partial charge in [-0.2, -0.15) is 0 Å². The smallest absolute Gasteiger partial charge is 0.352 e. The Morgan fingerprint density at radius 1 is 1.21 bits per heavy atom. The van der Waals surface area contributed by atoms with Gasteiger partial charge in [0.2, 0.25) is 5.91 Å². The maximum atomic E-state index is 11.2. The predicted molar refractivity (Wildman–Crippen MR) is 99.9 cm³/mol. The van der Waals surface area contributed by atoms with E-state index in [0.717, 1.165) is 0 Å². The molecule has 2 N–H and O–H groups in total. The SMILES string of the molecule is COc1cc(C=C(NC(C)=O)C(=O)O)ccc1OCc1cccc([N+](=O)[O-])c1. The molecule has 0 spiro atoms. The van der Waals surface area contributed by atoms with E-state index in [2.05, 4.69) is 5.32 Å². The second-order valence-electron chi connectivity index (χ2n) is 5.67. The van der Waals surface area contributed by atoms with Crippen molar-refractivity contribution in [3.8, 4) is 11.5 Å². The fourth-order valence-electron chi connectivity index (χ4n) is 2.32. The Bertz CT molecular complexity index is 938. The number of rotatable bonds is 8. The third-order valence-corrected chi connectivity index (χ3v) is 3.56. The summed E-state index contributed by atoms with van der Waals surface area (Å²) in [6, 6.07) is 10.8. The summed E-state index contributed by atoms with van der Waals surface area (Å²) in [4.78, 5) is 32.7. The molecule has 2 aromatic rings. The number of nitrogens with one attached hydrogen (secondary N) is 1. The van der Waals surface area contributed by atoms with E-state index in [-0.39, 0.29) is 18.0 Å². The number of ether oxygens (including phenoxy) is 2. The molecule has 9 heteroatoms. The van der Waals surface area contributed by atoms with Crippen LogP contribution in [0.25, 0.3) is 6.08 Å². The maximum absolute atomic E-state index is 11.2. The highest BCUT2D eigenvalue weighted by atomic mass is 16.6. The van der Waals surface area contributed by atoms with Crippen molar-refractivity contribution in [2.75, 3.05) is 7.11 Å². The van der Waals surface area contributed by atoms with Crippen molar-refractivity contribution in [3.05, 3.63) is 69.4 Å². The van der Waals surface area contributed by atoms with Gasteiger partial charge in [0.15, 0.2) is 11.5 Å². The molecule has 0 saturated heterocycles. The number of carboxylic acid groups (broad SMARTS) is 1. The van der Waals surface area contributed by atoms with E-state index in [9.17, 15) is 19.7 Å². The molecule has 0 heterocycles. The minimum absolute atomic E-state index is 0.0345. The first-order chi connectivity index (χ1) is 13.3. The Hall–Kier alpha value is -3.88. The van der Waals surface area contributed by atoms with Crippen LogP contribution in [0.2, 0.25) is 0 Å². The molecule has 146 valence electrons. The van der Waals surface area contributed by atoms with Gasteiger partial charge in [0.1, 0.15) is 12.3 Å².